The molecule has 182 valence electrons. The topological polar surface area (TPSA) is 113 Å². The van der Waals surface area contributed by atoms with Crippen LogP contribution in [0, 0.1) is 5.41 Å². The lowest BCUT2D eigenvalue weighted by Gasteiger charge is -2.22. The quantitative estimate of drug-likeness (QED) is 0.491. The zero-order valence-corrected chi connectivity index (χ0v) is 20.1. The Morgan fingerprint density at radius 2 is 1.69 bits per heavy atom. The Morgan fingerprint density at radius 3 is 2.34 bits per heavy atom. The van der Waals surface area contributed by atoms with E-state index < -0.39 is 36.5 Å². The van der Waals surface area contributed by atoms with Crippen LogP contribution in [0.1, 0.15) is 26.9 Å². The van der Waals surface area contributed by atoms with Gasteiger partial charge in [0.2, 0.25) is 0 Å². The second kappa shape index (κ2) is 10.2. The van der Waals surface area contributed by atoms with Crippen molar-refractivity contribution in [3.63, 3.8) is 0 Å². The number of rotatable bonds is 5. The van der Waals surface area contributed by atoms with Crippen LogP contribution in [0.25, 0.3) is 0 Å². The van der Waals surface area contributed by atoms with Crippen molar-refractivity contribution in [2.24, 2.45) is 0 Å². The number of hydrogen-bond acceptors (Lipinski definition) is 8. The predicted octanol–water partition coefficient (Wildman–Crippen LogP) is 3.83. The molecule has 35 heavy (non-hydrogen) atoms. The average molecular weight is 539 g/mol. The molecule has 3 heterocycles. The van der Waals surface area contributed by atoms with Gasteiger partial charge in [-0.3, -0.25) is 9.98 Å². The number of carbonyl (C=O) groups excluding carboxylic acids is 2. The monoisotopic (exact) mass is 537 g/mol. The van der Waals surface area contributed by atoms with E-state index in [1.54, 1.807) is 47.2 Å². The van der Waals surface area contributed by atoms with Crippen LogP contribution < -0.4 is 10.2 Å². The van der Waals surface area contributed by atoms with Crippen molar-refractivity contribution in [1.82, 2.24) is 9.55 Å². The fourth-order valence-corrected chi connectivity index (χ4v) is 4.19. The molecule has 1 aromatic heterocycles. The largest absolute Gasteiger partial charge is 0.459 e. The molecular formula is C23H18Cl3N3O6. The second-order valence-electron chi connectivity index (χ2n) is 7.64. The van der Waals surface area contributed by atoms with Crippen molar-refractivity contribution < 1.29 is 28.5 Å². The highest BCUT2D eigenvalue weighted by Gasteiger charge is 2.54. The molecule has 3 aromatic rings. The van der Waals surface area contributed by atoms with E-state index in [9.17, 15) is 9.59 Å². The van der Waals surface area contributed by atoms with Crippen LogP contribution in [0.2, 0.25) is 10.0 Å². The minimum Gasteiger partial charge on any atom is -0.459 e. The molecule has 0 spiro atoms. The van der Waals surface area contributed by atoms with Gasteiger partial charge in [0, 0.05) is 16.2 Å². The third kappa shape index (κ3) is 5.13. The number of benzene rings is 2. The van der Waals surface area contributed by atoms with Crippen molar-refractivity contribution in [3.05, 3.63) is 87.5 Å². The summed E-state index contributed by atoms with van der Waals surface area (Å²) in [7, 11) is 0. The SMILES string of the molecule is Cl.N=c1ccn2c(n1)O[C@@H]1[C@H](OC(=O)c3cccc(Cl)c3)[C@@H](COC(=O)c3cccc(Cl)c3)O[C@H]12. The molecule has 0 bridgehead atoms. The maximum atomic E-state index is 12.8. The fourth-order valence-electron chi connectivity index (χ4n) is 3.81. The van der Waals surface area contributed by atoms with Gasteiger partial charge in [0.25, 0.3) is 0 Å². The molecule has 12 heteroatoms. The molecule has 2 aliphatic heterocycles. The van der Waals surface area contributed by atoms with Gasteiger partial charge in [-0.05, 0) is 42.5 Å². The maximum absolute atomic E-state index is 12.8. The van der Waals surface area contributed by atoms with Crippen molar-refractivity contribution >= 4 is 47.5 Å². The number of aromatic nitrogens is 2. The van der Waals surface area contributed by atoms with Gasteiger partial charge in [0.1, 0.15) is 12.7 Å². The standard InChI is InChI=1S/C23H17Cl2N3O6.ClH/c24-14-5-1-3-12(9-14)21(29)31-11-16-18(33-22(30)13-4-2-6-15(25)10-13)19-20(32-16)28-8-7-17(26)27-23(28)34-19;/h1-10,16,18-20,26H,11H2;1H/t16-,18-,19-,20-;/m1./s1. The molecule has 0 unspecified atom stereocenters. The smallest absolute Gasteiger partial charge is 0.338 e. The van der Waals surface area contributed by atoms with Gasteiger partial charge >= 0.3 is 17.9 Å². The van der Waals surface area contributed by atoms with E-state index >= 15 is 0 Å². The molecular weight excluding hydrogens is 521 g/mol. The van der Waals surface area contributed by atoms with E-state index in [1.165, 1.54) is 18.2 Å². The van der Waals surface area contributed by atoms with Crippen molar-refractivity contribution in [1.29, 1.82) is 5.41 Å². The third-order valence-corrected chi connectivity index (χ3v) is 5.84. The first-order valence-electron chi connectivity index (χ1n) is 10.2. The van der Waals surface area contributed by atoms with Gasteiger partial charge in [-0.1, -0.05) is 35.3 Å². The van der Waals surface area contributed by atoms with Gasteiger partial charge < -0.3 is 18.9 Å². The molecule has 2 aliphatic rings. The van der Waals surface area contributed by atoms with Crippen molar-refractivity contribution in [2.75, 3.05) is 6.61 Å². The Kier molecular flexibility index (Phi) is 7.32. The molecule has 4 atom stereocenters. The first-order valence-corrected chi connectivity index (χ1v) is 11.0. The van der Waals surface area contributed by atoms with E-state index in [0.29, 0.717) is 10.0 Å². The van der Waals surface area contributed by atoms with Crippen LogP contribution in [0.5, 0.6) is 6.01 Å². The summed E-state index contributed by atoms with van der Waals surface area (Å²) < 4.78 is 24.7. The van der Waals surface area contributed by atoms with Gasteiger partial charge in [-0.2, -0.15) is 4.98 Å². The molecule has 5 rings (SSSR count). The van der Waals surface area contributed by atoms with Crippen molar-refractivity contribution in [3.8, 4) is 6.01 Å². The van der Waals surface area contributed by atoms with Crippen molar-refractivity contribution in [2.45, 2.75) is 24.5 Å². The lowest BCUT2D eigenvalue weighted by atomic mass is 10.1. The van der Waals surface area contributed by atoms with Crippen LogP contribution in [-0.2, 0) is 14.2 Å². The maximum Gasteiger partial charge on any atom is 0.338 e. The summed E-state index contributed by atoms with van der Waals surface area (Å²) in [5.74, 6) is -1.24. The zero-order valence-electron chi connectivity index (χ0n) is 17.8. The van der Waals surface area contributed by atoms with Gasteiger partial charge in [-0.25, -0.2) is 9.59 Å². The van der Waals surface area contributed by atoms with Gasteiger partial charge in [0.15, 0.2) is 23.9 Å². The Balaban J connectivity index is 0.00000289. The summed E-state index contributed by atoms with van der Waals surface area (Å²) >= 11 is 12.0. The van der Waals surface area contributed by atoms with E-state index in [1.807, 2.05) is 0 Å². The zero-order chi connectivity index (χ0) is 23.8. The number of nitrogens with one attached hydrogen (secondary N) is 1. The van der Waals surface area contributed by atoms with E-state index in [2.05, 4.69) is 4.98 Å². The normalized spacial score (nSPS) is 21.8. The minimum atomic E-state index is -0.931. The predicted molar refractivity (Wildman–Crippen MR) is 126 cm³/mol. The number of halogens is 3. The number of fused-ring (bicyclic) bond motifs is 3. The van der Waals surface area contributed by atoms with E-state index in [4.69, 9.17) is 47.6 Å². The molecule has 0 saturated carbocycles. The first kappa shape index (κ1) is 25.0. The molecule has 9 nitrogen and oxygen atoms in total. The Bertz CT molecular complexity index is 1330. The van der Waals surface area contributed by atoms with Gasteiger partial charge in [-0.15, -0.1) is 12.4 Å². The summed E-state index contributed by atoms with van der Waals surface area (Å²) in [6.07, 6.45) is -1.59. The molecule has 1 fully saturated rings. The number of ether oxygens (including phenoxy) is 4. The first-order chi connectivity index (χ1) is 16.4. The minimum absolute atomic E-state index is 0. The van der Waals surface area contributed by atoms with E-state index in [-0.39, 0.29) is 41.6 Å². The molecule has 2 aromatic carbocycles. The number of carbonyl (C=O) groups is 2. The molecule has 0 aliphatic carbocycles. The number of esters is 2. The van der Waals surface area contributed by atoms with E-state index in [0.717, 1.165) is 0 Å². The van der Waals surface area contributed by atoms with Gasteiger partial charge in [0.05, 0.1) is 11.1 Å². The Morgan fingerprint density at radius 1 is 1.03 bits per heavy atom. The third-order valence-electron chi connectivity index (χ3n) is 5.37. The highest BCUT2D eigenvalue weighted by Crippen LogP contribution is 2.40. The summed E-state index contributed by atoms with van der Waals surface area (Å²) in [6, 6.07) is 14.3. The second-order valence-corrected chi connectivity index (χ2v) is 8.51. The molecule has 0 amide bonds. The molecule has 0 radical (unpaired) electrons. The lowest BCUT2D eigenvalue weighted by Crippen LogP contribution is -2.40. The van der Waals surface area contributed by atoms with Crippen LogP contribution in [0.3, 0.4) is 0 Å². The molecule has 1 saturated heterocycles. The van der Waals surface area contributed by atoms with Crippen LogP contribution in [0.15, 0.2) is 60.8 Å². The number of hydrogen-bond donors (Lipinski definition) is 1. The Labute approximate surface area is 215 Å². The summed E-state index contributed by atoms with van der Waals surface area (Å²) in [5.41, 5.74) is 0.548. The Hall–Kier alpha value is -3.11. The highest BCUT2D eigenvalue weighted by atomic mass is 35.5. The summed E-state index contributed by atoms with van der Waals surface area (Å²) in [5, 5.41) is 8.49. The molecule has 1 N–H and O–H groups in total. The summed E-state index contributed by atoms with van der Waals surface area (Å²) in [4.78, 5) is 29.4. The fraction of sp³-hybridized carbons (Fsp3) is 0.217. The number of nitrogens with zero attached hydrogens (tertiary/aromatic N) is 2. The lowest BCUT2D eigenvalue weighted by molar-refractivity contribution is -0.0574. The highest BCUT2D eigenvalue weighted by molar-refractivity contribution is 6.31. The summed E-state index contributed by atoms with van der Waals surface area (Å²) in [6.45, 7) is -0.199. The average Bonchev–Trinajstić information content (AvgIpc) is 3.33. The van der Waals surface area contributed by atoms with Crippen LogP contribution in [-0.4, -0.2) is 46.4 Å². The van der Waals surface area contributed by atoms with Crippen LogP contribution >= 0.6 is 35.6 Å². The van der Waals surface area contributed by atoms with Crippen LogP contribution in [0.4, 0.5) is 0 Å².